The molecule has 0 fully saturated rings. The topological polar surface area (TPSA) is 24.5 Å². The number of benzene rings is 1. The molecule has 1 aromatic carbocycles. The zero-order valence-electron chi connectivity index (χ0n) is 16.2. The summed E-state index contributed by atoms with van der Waals surface area (Å²) < 4.78 is 5.81. The first-order valence-corrected chi connectivity index (χ1v) is 8.70. The smallest absolute Gasteiger partial charge is 0.119 e. The second kappa shape index (κ2) is 8.70. The van der Waals surface area contributed by atoms with Crippen LogP contribution in [0.2, 0.25) is 0 Å². The minimum absolute atomic E-state index is 0.181. The molecule has 0 saturated carbocycles. The maximum absolute atomic E-state index is 5.81. The van der Waals surface area contributed by atoms with Gasteiger partial charge in [-0.2, -0.15) is 0 Å². The quantitative estimate of drug-likeness (QED) is 0.722. The largest absolute Gasteiger partial charge is 0.494 e. The van der Waals surface area contributed by atoms with E-state index in [-0.39, 0.29) is 5.54 Å². The number of nitrogens with zero attached hydrogens (tertiary/aromatic N) is 1. The van der Waals surface area contributed by atoms with Gasteiger partial charge in [0.1, 0.15) is 5.75 Å². The van der Waals surface area contributed by atoms with E-state index in [2.05, 4.69) is 83.1 Å². The van der Waals surface area contributed by atoms with Gasteiger partial charge in [-0.15, -0.1) is 0 Å². The van der Waals surface area contributed by atoms with Gasteiger partial charge in [0.2, 0.25) is 0 Å². The van der Waals surface area contributed by atoms with Gasteiger partial charge in [0.05, 0.1) is 6.61 Å². The van der Waals surface area contributed by atoms with E-state index in [1.165, 1.54) is 5.56 Å². The number of rotatable bonds is 8. The van der Waals surface area contributed by atoms with Crippen LogP contribution in [-0.4, -0.2) is 37.2 Å². The van der Waals surface area contributed by atoms with Gasteiger partial charge in [-0.3, -0.25) is 0 Å². The summed E-state index contributed by atoms with van der Waals surface area (Å²) in [5.41, 5.74) is 1.85. The summed E-state index contributed by atoms with van der Waals surface area (Å²) in [6.45, 7) is 17.2. The van der Waals surface area contributed by atoms with Crippen molar-refractivity contribution >= 4 is 0 Å². The monoisotopic (exact) mass is 320 g/mol. The van der Waals surface area contributed by atoms with Crippen LogP contribution < -0.4 is 10.1 Å². The molecule has 0 aliphatic rings. The summed E-state index contributed by atoms with van der Waals surface area (Å²) in [5, 5.41) is 3.47. The standard InChI is InChI=1S/C20H36N2O/c1-19(2,3)16-22(7)15-17-9-11-18(12-10-17)23-14-8-13-21-20(4,5)6/h9-12,21H,8,13-16H2,1-7H3. The lowest BCUT2D eigenvalue weighted by atomic mass is 9.96. The van der Waals surface area contributed by atoms with Crippen molar-refractivity contribution in [1.29, 1.82) is 0 Å². The second-order valence-corrected chi connectivity index (χ2v) is 8.76. The maximum Gasteiger partial charge on any atom is 0.119 e. The molecule has 0 spiro atoms. The van der Waals surface area contributed by atoms with Gasteiger partial charge in [0, 0.05) is 18.6 Å². The Bertz CT molecular complexity index is 440. The van der Waals surface area contributed by atoms with Crippen LogP contribution in [0.3, 0.4) is 0 Å². The SMILES string of the molecule is CN(Cc1ccc(OCCCNC(C)(C)C)cc1)CC(C)(C)C. The summed E-state index contributed by atoms with van der Waals surface area (Å²) in [5.74, 6) is 0.961. The third-order valence-corrected chi connectivity index (χ3v) is 3.37. The fourth-order valence-electron chi connectivity index (χ4n) is 2.59. The number of hydrogen-bond acceptors (Lipinski definition) is 3. The molecule has 0 aromatic heterocycles. The van der Waals surface area contributed by atoms with Crippen LogP contribution in [0.15, 0.2) is 24.3 Å². The number of hydrogen-bond donors (Lipinski definition) is 1. The second-order valence-electron chi connectivity index (χ2n) is 8.76. The Morgan fingerprint density at radius 2 is 1.61 bits per heavy atom. The Morgan fingerprint density at radius 3 is 2.13 bits per heavy atom. The highest BCUT2D eigenvalue weighted by Gasteiger charge is 2.13. The average Bonchev–Trinajstić information content (AvgIpc) is 2.36. The van der Waals surface area contributed by atoms with E-state index >= 15 is 0 Å². The first kappa shape index (κ1) is 20.0. The summed E-state index contributed by atoms with van der Waals surface area (Å²) in [7, 11) is 2.18. The van der Waals surface area contributed by atoms with Gasteiger partial charge in [0.25, 0.3) is 0 Å². The predicted octanol–water partition coefficient (Wildman–Crippen LogP) is 4.32. The molecule has 0 radical (unpaired) electrons. The fourth-order valence-corrected chi connectivity index (χ4v) is 2.59. The first-order valence-electron chi connectivity index (χ1n) is 8.70. The third kappa shape index (κ3) is 10.4. The van der Waals surface area contributed by atoms with Crippen LogP contribution >= 0.6 is 0 Å². The van der Waals surface area contributed by atoms with Crippen molar-refractivity contribution in [2.75, 3.05) is 26.7 Å². The van der Waals surface area contributed by atoms with Crippen LogP contribution in [0, 0.1) is 5.41 Å². The Morgan fingerprint density at radius 1 is 1.00 bits per heavy atom. The fraction of sp³-hybridized carbons (Fsp3) is 0.700. The van der Waals surface area contributed by atoms with Gasteiger partial charge >= 0.3 is 0 Å². The zero-order chi connectivity index (χ0) is 17.5. The molecular weight excluding hydrogens is 284 g/mol. The van der Waals surface area contributed by atoms with Crippen LogP contribution in [-0.2, 0) is 6.54 Å². The normalized spacial score (nSPS) is 12.7. The van der Waals surface area contributed by atoms with Gasteiger partial charge in [0.15, 0.2) is 0 Å². The number of ether oxygens (including phenoxy) is 1. The minimum atomic E-state index is 0.181. The zero-order valence-corrected chi connectivity index (χ0v) is 16.2. The Labute approximate surface area is 143 Å². The van der Waals surface area contributed by atoms with Crippen molar-refractivity contribution in [3.8, 4) is 5.75 Å². The molecule has 0 unspecified atom stereocenters. The van der Waals surface area contributed by atoms with Crippen molar-refractivity contribution < 1.29 is 4.74 Å². The van der Waals surface area contributed by atoms with E-state index in [0.717, 1.165) is 38.4 Å². The van der Waals surface area contributed by atoms with Gasteiger partial charge in [-0.1, -0.05) is 32.9 Å². The van der Waals surface area contributed by atoms with Crippen molar-refractivity contribution in [2.45, 2.75) is 60.0 Å². The molecule has 1 aromatic rings. The molecule has 0 aliphatic carbocycles. The average molecular weight is 321 g/mol. The van der Waals surface area contributed by atoms with Gasteiger partial charge in [-0.25, -0.2) is 0 Å². The van der Waals surface area contributed by atoms with Crippen LogP contribution in [0.1, 0.15) is 53.5 Å². The Hall–Kier alpha value is -1.06. The molecule has 23 heavy (non-hydrogen) atoms. The van der Waals surface area contributed by atoms with E-state index in [1.807, 2.05) is 0 Å². The Balaban J connectivity index is 2.31. The van der Waals surface area contributed by atoms with Crippen molar-refractivity contribution in [1.82, 2.24) is 10.2 Å². The molecule has 3 heteroatoms. The molecule has 1 N–H and O–H groups in total. The summed E-state index contributed by atoms with van der Waals surface area (Å²) >= 11 is 0. The molecule has 0 amide bonds. The molecule has 0 saturated heterocycles. The van der Waals surface area contributed by atoms with E-state index in [1.54, 1.807) is 0 Å². The first-order chi connectivity index (χ1) is 10.6. The molecule has 0 atom stereocenters. The predicted molar refractivity (Wildman–Crippen MR) is 100 cm³/mol. The molecule has 3 nitrogen and oxygen atoms in total. The van der Waals surface area contributed by atoms with E-state index in [0.29, 0.717) is 5.41 Å². The van der Waals surface area contributed by atoms with Gasteiger partial charge < -0.3 is 15.0 Å². The molecule has 1 rings (SSSR count). The third-order valence-electron chi connectivity index (χ3n) is 3.37. The lowest BCUT2D eigenvalue weighted by molar-refractivity contribution is 0.220. The number of nitrogens with one attached hydrogen (secondary N) is 1. The highest BCUT2D eigenvalue weighted by Crippen LogP contribution is 2.17. The van der Waals surface area contributed by atoms with Crippen LogP contribution in [0.5, 0.6) is 5.75 Å². The van der Waals surface area contributed by atoms with E-state index < -0.39 is 0 Å². The van der Waals surface area contributed by atoms with E-state index in [9.17, 15) is 0 Å². The van der Waals surface area contributed by atoms with Crippen LogP contribution in [0.4, 0.5) is 0 Å². The van der Waals surface area contributed by atoms with E-state index in [4.69, 9.17) is 4.74 Å². The summed E-state index contributed by atoms with van der Waals surface area (Å²) in [6.07, 6.45) is 1.02. The molecule has 0 bridgehead atoms. The summed E-state index contributed by atoms with van der Waals surface area (Å²) in [6, 6.07) is 8.50. The van der Waals surface area contributed by atoms with Crippen LogP contribution in [0.25, 0.3) is 0 Å². The van der Waals surface area contributed by atoms with Crippen molar-refractivity contribution in [2.24, 2.45) is 5.41 Å². The lowest BCUT2D eigenvalue weighted by Crippen LogP contribution is -2.36. The molecular formula is C20H36N2O. The summed E-state index contributed by atoms with van der Waals surface area (Å²) in [4.78, 5) is 2.37. The minimum Gasteiger partial charge on any atom is -0.494 e. The van der Waals surface area contributed by atoms with Gasteiger partial charge in [-0.05, 0) is 63.9 Å². The lowest BCUT2D eigenvalue weighted by Gasteiger charge is -2.26. The molecule has 0 aliphatic heterocycles. The Kier molecular flexibility index (Phi) is 7.56. The van der Waals surface area contributed by atoms with Crippen molar-refractivity contribution in [3.05, 3.63) is 29.8 Å². The molecule has 132 valence electrons. The van der Waals surface area contributed by atoms with Crippen molar-refractivity contribution in [3.63, 3.8) is 0 Å². The highest BCUT2D eigenvalue weighted by molar-refractivity contribution is 5.27. The molecule has 0 heterocycles. The maximum atomic E-state index is 5.81. The highest BCUT2D eigenvalue weighted by atomic mass is 16.5.